The van der Waals surface area contributed by atoms with Crippen LogP contribution in [0.25, 0.3) is 0 Å². The maximum atomic E-state index is 10.5. The van der Waals surface area contributed by atoms with Gasteiger partial charge in [0.2, 0.25) is 0 Å². The van der Waals surface area contributed by atoms with Gasteiger partial charge in [-0.3, -0.25) is 0 Å². The maximum absolute atomic E-state index is 10.5. The van der Waals surface area contributed by atoms with Gasteiger partial charge in [0, 0.05) is 13.1 Å². The zero-order chi connectivity index (χ0) is 13.6. The number of aliphatic hydroxyl groups is 1. The van der Waals surface area contributed by atoms with E-state index in [9.17, 15) is 5.11 Å². The molecule has 1 N–H and O–H groups in total. The van der Waals surface area contributed by atoms with Crippen LogP contribution in [-0.4, -0.2) is 42.9 Å². The molecular formula is C15H25NO2. The first-order valence-electron chi connectivity index (χ1n) is 6.50. The summed E-state index contributed by atoms with van der Waals surface area (Å²) in [5.74, 6) is 0. The Morgan fingerprint density at radius 2 is 1.89 bits per heavy atom. The summed E-state index contributed by atoms with van der Waals surface area (Å²) < 4.78 is 5.51. The van der Waals surface area contributed by atoms with Crippen LogP contribution in [0.15, 0.2) is 30.3 Å². The van der Waals surface area contributed by atoms with Gasteiger partial charge in [-0.1, -0.05) is 30.3 Å². The van der Waals surface area contributed by atoms with Crippen LogP contribution in [0.1, 0.15) is 26.3 Å². The molecule has 3 nitrogen and oxygen atoms in total. The molecule has 0 bridgehead atoms. The van der Waals surface area contributed by atoms with Crippen LogP contribution in [0.3, 0.4) is 0 Å². The Balaban J connectivity index is 2.45. The number of ether oxygens (including phenoxy) is 1. The Bertz CT molecular complexity index is 336. The highest BCUT2D eigenvalue weighted by molar-refractivity contribution is 5.21. The standard InChI is InChI=1S/C15H25NO2/c1-13(2)18-11-10-16(4)12-15(3,17)14-8-6-5-7-9-14/h5-9,13,17H,10-12H2,1-4H3. The predicted octanol–water partition coefficient (Wildman–Crippen LogP) is 2.25. The van der Waals surface area contributed by atoms with Crippen molar-refractivity contribution in [3.63, 3.8) is 0 Å². The van der Waals surface area contributed by atoms with Crippen LogP contribution in [0, 0.1) is 0 Å². The normalized spacial score (nSPS) is 15.1. The number of hydrogen-bond donors (Lipinski definition) is 1. The molecule has 0 fully saturated rings. The Kier molecular flexibility index (Phi) is 5.79. The van der Waals surface area contributed by atoms with Crippen molar-refractivity contribution >= 4 is 0 Å². The summed E-state index contributed by atoms with van der Waals surface area (Å²) in [4.78, 5) is 2.09. The largest absolute Gasteiger partial charge is 0.384 e. The molecule has 0 spiro atoms. The van der Waals surface area contributed by atoms with E-state index in [1.165, 1.54) is 0 Å². The molecule has 1 rings (SSSR count). The van der Waals surface area contributed by atoms with Crippen LogP contribution < -0.4 is 0 Å². The zero-order valence-corrected chi connectivity index (χ0v) is 11.9. The van der Waals surface area contributed by atoms with Crippen molar-refractivity contribution in [3.05, 3.63) is 35.9 Å². The third-order valence-electron chi connectivity index (χ3n) is 2.90. The number of likely N-dealkylation sites (N-methyl/N-ethyl adjacent to an activating group) is 1. The average molecular weight is 251 g/mol. The smallest absolute Gasteiger partial charge is 0.0994 e. The molecule has 102 valence electrons. The van der Waals surface area contributed by atoms with E-state index in [1.54, 1.807) is 0 Å². The quantitative estimate of drug-likeness (QED) is 0.807. The van der Waals surface area contributed by atoms with Crippen molar-refractivity contribution in [2.24, 2.45) is 0 Å². The first-order valence-corrected chi connectivity index (χ1v) is 6.50. The summed E-state index contributed by atoms with van der Waals surface area (Å²) in [6, 6.07) is 9.77. The fraction of sp³-hybridized carbons (Fsp3) is 0.600. The second-order valence-electron chi connectivity index (χ2n) is 5.30. The molecular weight excluding hydrogens is 226 g/mol. The lowest BCUT2D eigenvalue weighted by molar-refractivity contribution is 0.00776. The van der Waals surface area contributed by atoms with Crippen LogP contribution in [0.5, 0.6) is 0 Å². The zero-order valence-electron chi connectivity index (χ0n) is 11.9. The van der Waals surface area contributed by atoms with Crippen molar-refractivity contribution in [1.82, 2.24) is 4.90 Å². The summed E-state index contributed by atoms with van der Waals surface area (Å²) in [5, 5.41) is 10.5. The number of nitrogens with zero attached hydrogens (tertiary/aromatic N) is 1. The van der Waals surface area contributed by atoms with Crippen molar-refractivity contribution < 1.29 is 9.84 Å². The van der Waals surface area contributed by atoms with Gasteiger partial charge in [0.1, 0.15) is 0 Å². The second-order valence-corrected chi connectivity index (χ2v) is 5.30. The molecule has 18 heavy (non-hydrogen) atoms. The predicted molar refractivity (Wildman–Crippen MR) is 74.6 cm³/mol. The van der Waals surface area contributed by atoms with E-state index in [0.29, 0.717) is 13.2 Å². The van der Waals surface area contributed by atoms with E-state index in [2.05, 4.69) is 4.90 Å². The van der Waals surface area contributed by atoms with Crippen LogP contribution in [-0.2, 0) is 10.3 Å². The van der Waals surface area contributed by atoms with Crippen LogP contribution in [0.2, 0.25) is 0 Å². The van der Waals surface area contributed by atoms with Gasteiger partial charge >= 0.3 is 0 Å². The Labute approximate surface area is 110 Å². The van der Waals surface area contributed by atoms with Gasteiger partial charge in [-0.05, 0) is 33.4 Å². The Morgan fingerprint density at radius 1 is 1.28 bits per heavy atom. The molecule has 0 aliphatic rings. The van der Waals surface area contributed by atoms with Gasteiger partial charge in [0.15, 0.2) is 0 Å². The van der Waals surface area contributed by atoms with Gasteiger partial charge in [-0.25, -0.2) is 0 Å². The van der Waals surface area contributed by atoms with Crippen molar-refractivity contribution in [1.29, 1.82) is 0 Å². The van der Waals surface area contributed by atoms with E-state index < -0.39 is 5.60 Å². The molecule has 0 aliphatic carbocycles. The van der Waals surface area contributed by atoms with E-state index >= 15 is 0 Å². The van der Waals surface area contributed by atoms with Crippen molar-refractivity contribution in [2.75, 3.05) is 26.7 Å². The first-order chi connectivity index (χ1) is 8.42. The van der Waals surface area contributed by atoms with Crippen LogP contribution >= 0.6 is 0 Å². The minimum absolute atomic E-state index is 0.257. The number of benzene rings is 1. The summed E-state index contributed by atoms with van der Waals surface area (Å²) in [7, 11) is 2.00. The molecule has 1 aromatic carbocycles. The molecule has 1 aromatic rings. The van der Waals surface area contributed by atoms with Gasteiger partial charge in [-0.15, -0.1) is 0 Å². The third kappa shape index (κ3) is 5.17. The molecule has 1 unspecified atom stereocenters. The lowest BCUT2D eigenvalue weighted by Crippen LogP contribution is -2.38. The monoisotopic (exact) mass is 251 g/mol. The fourth-order valence-corrected chi connectivity index (χ4v) is 1.94. The Hall–Kier alpha value is -0.900. The highest BCUT2D eigenvalue weighted by Crippen LogP contribution is 2.20. The topological polar surface area (TPSA) is 32.7 Å². The van der Waals surface area contributed by atoms with Gasteiger partial charge in [-0.2, -0.15) is 0 Å². The van der Waals surface area contributed by atoms with Crippen molar-refractivity contribution in [3.8, 4) is 0 Å². The summed E-state index contributed by atoms with van der Waals surface area (Å²) in [5.41, 5.74) is 0.120. The first kappa shape index (κ1) is 15.2. The number of hydrogen-bond acceptors (Lipinski definition) is 3. The molecule has 1 atom stereocenters. The minimum atomic E-state index is -0.826. The second kappa shape index (κ2) is 6.88. The summed E-state index contributed by atoms with van der Waals surface area (Å²) >= 11 is 0. The fourth-order valence-electron chi connectivity index (χ4n) is 1.94. The lowest BCUT2D eigenvalue weighted by Gasteiger charge is -2.29. The van der Waals surface area contributed by atoms with E-state index in [-0.39, 0.29) is 6.10 Å². The molecule has 0 aromatic heterocycles. The van der Waals surface area contributed by atoms with Gasteiger partial charge < -0.3 is 14.7 Å². The molecule has 0 aliphatic heterocycles. The molecule has 0 saturated heterocycles. The maximum Gasteiger partial charge on any atom is 0.0994 e. The average Bonchev–Trinajstić information content (AvgIpc) is 2.29. The van der Waals surface area contributed by atoms with E-state index in [4.69, 9.17) is 4.74 Å². The molecule has 0 amide bonds. The molecule has 0 saturated carbocycles. The SMILES string of the molecule is CC(C)OCCN(C)CC(C)(O)c1ccccc1. The lowest BCUT2D eigenvalue weighted by atomic mass is 9.95. The summed E-state index contributed by atoms with van der Waals surface area (Å²) in [6.45, 7) is 8.01. The molecule has 0 heterocycles. The minimum Gasteiger partial charge on any atom is -0.384 e. The van der Waals surface area contributed by atoms with Crippen molar-refractivity contribution in [2.45, 2.75) is 32.5 Å². The van der Waals surface area contributed by atoms with Gasteiger partial charge in [0.05, 0.1) is 18.3 Å². The number of rotatable bonds is 7. The summed E-state index contributed by atoms with van der Waals surface area (Å²) in [6.07, 6.45) is 0.257. The van der Waals surface area contributed by atoms with E-state index in [0.717, 1.165) is 12.1 Å². The third-order valence-corrected chi connectivity index (χ3v) is 2.90. The van der Waals surface area contributed by atoms with Gasteiger partial charge in [0.25, 0.3) is 0 Å². The molecule has 0 radical (unpaired) electrons. The highest BCUT2D eigenvalue weighted by atomic mass is 16.5. The van der Waals surface area contributed by atoms with Crippen LogP contribution in [0.4, 0.5) is 0 Å². The highest BCUT2D eigenvalue weighted by Gasteiger charge is 2.24. The van der Waals surface area contributed by atoms with E-state index in [1.807, 2.05) is 58.2 Å². The molecule has 3 heteroatoms. The Morgan fingerprint density at radius 3 is 2.44 bits per heavy atom.